The Bertz CT molecular complexity index is 1620. The second-order valence-corrected chi connectivity index (χ2v) is 13.2. The zero-order chi connectivity index (χ0) is 30.7. The van der Waals surface area contributed by atoms with E-state index in [1.165, 1.54) is 30.3 Å². The molecule has 0 spiro atoms. The molecule has 0 radical (unpaired) electrons. The quantitative estimate of drug-likeness (QED) is 0.110. The molecule has 1 aliphatic rings. The summed E-state index contributed by atoms with van der Waals surface area (Å²) in [6.07, 6.45) is 2.91. The topological polar surface area (TPSA) is 136 Å². The van der Waals surface area contributed by atoms with Crippen molar-refractivity contribution in [3.63, 3.8) is 0 Å². The first-order chi connectivity index (χ1) is 19.7. The number of carbonyl (C=O) groups excluding carboxylic acids is 3. The molecule has 9 nitrogen and oxygen atoms in total. The third-order valence-electron chi connectivity index (χ3n) is 6.53. The summed E-state index contributed by atoms with van der Waals surface area (Å²) in [6.45, 7) is -2.04. The number of esters is 3. The molecule has 42 heavy (non-hydrogen) atoms. The molecule has 222 valence electrons. The first-order valence-corrected chi connectivity index (χ1v) is 15.9. The first kappa shape index (κ1) is 32.2. The summed E-state index contributed by atoms with van der Waals surface area (Å²) >= 11 is 3.56. The van der Waals surface area contributed by atoms with E-state index in [-0.39, 0.29) is 20.4 Å². The van der Waals surface area contributed by atoms with Gasteiger partial charge >= 0.3 is 23.2 Å². The number of hydrogen-bond acceptors (Lipinski definition) is 9. The van der Waals surface area contributed by atoms with Crippen molar-refractivity contribution >= 4 is 73.2 Å². The Morgan fingerprint density at radius 2 is 1.43 bits per heavy atom. The van der Waals surface area contributed by atoms with Gasteiger partial charge < -0.3 is 18.8 Å². The van der Waals surface area contributed by atoms with Crippen molar-refractivity contribution in [2.75, 3.05) is 6.61 Å². The van der Waals surface area contributed by atoms with Gasteiger partial charge in [0.05, 0.1) is 14.7 Å². The van der Waals surface area contributed by atoms with Crippen LogP contribution >= 0.6 is 45.2 Å². The number of alkyl halides is 2. The number of carbonyl (C=O) groups is 3. The molecule has 0 aliphatic heterocycles. The van der Waals surface area contributed by atoms with Crippen molar-refractivity contribution in [1.82, 2.24) is 0 Å². The molecular weight excluding hydrogens is 804 g/mol. The Hall–Kier alpha value is -2.70. The fourth-order valence-corrected chi connectivity index (χ4v) is 6.63. The first-order valence-electron chi connectivity index (χ1n) is 12.3. The lowest BCUT2D eigenvalue weighted by Gasteiger charge is -2.30. The normalized spacial score (nSPS) is 14.7. The van der Waals surface area contributed by atoms with E-state index in [0.717, 1.165) is 18.4 Å². The minimum Gasteiger partial charge on any atom is -0.743 e. The zero-order valence-electron chi connectivity index (χ0n) is 21.5. The van der Waals surface area contributed by atoms with Gasteiger partial charge in [0.15, 0.2) is 22.5 Å². The van der Waals surface area contributed by atoms with Crippen LogP contribution < -0.4 is 4.74 Å². The summed E-state index contributed by atoms with van der Waals surface area (Å²) in [5.41, 5.74) is -0.774. The molecular formula is C28H21F2I2O9S-. The van der Waals surface area contributed by atoms with Crippen LogP contribution in [0, 0.1) is 7.14 Å². The smallest absolute Gasteiger partial charge is 0.367 e. The minimum atomic E-state index is -6.10. The fourth-order valence-electron chi connectivity index (χ4n) is 4.47. The van der Waals surface area contributed by atoms with Crippen LogP contribution in [0.3, 0.4) is 0 Å². The van der Waals surface area contributed by atoms with Crippen LogP contribution in [-0.2, 0) is 25.2 Å². The largest absolute Gasteiger partial charge is 0.743 e. The van der Waals surface area contributed by atoms with Gasteiger partial charge in [0.1, 0.15) is 11.2 Å². The minimum absolute atomic E-state index is 0.0883. The van der Waals surface area contributed by atoms with Gasteiger partial charge in [-0.1, -0.05) is 42.5 Å². The van der Waals surface area contributed by atoms with Gasteiger partial charge in [0.2, 0.25) is 0 Å². The van der Waals surface area contributed by atoms with Gasteiger partial charge in [-0.3, -0.25) is 0 Å². The monoisotopic (exact) mass is 825 g/mol. The molecule has 0 bridgehead atoms. The number of ether oxygens (including phenoxy) is 3. The zero-order valence-corrected chi connectivity index (χ0v) is 26.6. The number of benzene rings is 3. The molecule has 4 rings (SSSR count). The molecule has 0 heterocycles. The Balaban J connectivity index is 1.61. The van der Waals surface area contributed by atoms with E-state index in [2.05, 4.69) is 4.74 Å². The van der Waals surface area contributed by atoms with Crippen molar-refractivity contribution in [2.24, 2.45) is 0 Å². The summed E-state index contributed by atoms with van der Waals surface area (Å²) in [5.74, 6) is -3.65. The highest BCUT2D eigenvalue weighted by molar-refractivity contribution is 14.1. The maximum atomic E-state index is 13.6. The number of hydrogen-bond donors (Lipinski definition) is 0. The highest BCUT2D eigenvalue weighted by Gasteiger charge is 2.41. The SMILES string of the molecule is O=C(Oc1c(I)cc(I)cc1C(=O)OCC(F)(F)S(=O)(=O)[O-])c1ccccc1C(=O)OC1(c2ccccc2)CCCC1. The molecule has 3 aromatic carbocycles. The van der Waals surface area contributed by atoms with Crippen molar-refractivity contribution < 1.29 is 50.3 Å². The molecule has 0 unspecified atom stereocenters. The van der Waals surface area contributed by atoms with E-state index >= 15 is 0 Å². The molecule has 0 amide bonds. The molecule has 3 aromatic rings. The van der Waals surface area contributed by atoms with Gasteiger partial charge in [0, 0.05) is 3.57 Å². The Morgan fingerprint density at radius 1 is 0.857 bits per heavy atom. The van der Waals surface area contributed by atoms with Gasteiger partial charge in [-0.15, -0.1) is 0 Å². The van der Waals surface area contributed by atoms with E-state index in [9.17, 15) is 36.1 Å². The molecule has 14 heteroatoms. The second-order valence-electron chi connectivity index (χ2n) is 9.32. The second kappa shape index (κ2) is 12.9. The van der Waals surface area contributed by atoms with E-state index < -0.39 is 51.1 Å². The fraction of sp³-hybridized carbons (Fsp3) is 0.250. The summed E-state index contributed by atoms with van der Waals surface area (Å²) in [5, 5.41) is -4.87. The lowest BCUT2D eigenvalue weighted by Crippen LogP contribution is -2.34. The van der Waals surface area contributed by atoms with E-state index in [1.54, 1.807) is 28.7 Å². The Morgan fingerprint density at radius 3 is 2.02 bits per heavy atom. The summed E-state index contributed by atoms with van der Waals surface area (Å²) in [4.78, 5) is 39.5. The third-order valence-corrected chi connectivity index (χ3v) is 8.80. The van der Waals surface area contributed by atoms with Crippen LogP contribution in [0.2, 0.25) is 0 Å². The van der Waals surface area contributed by atoms with Gasteiger partial charge in [-0.25, -0.2) is 22.8 Å². The highest BCUT2D eigenvalue weighted by atomic mass is 127. The molecule has 0 saturated heterocycles. The van der Waals surface area contributed by atoms with E-state index in [4.69, 9.17) is 9.47 Å². The van der Waals surface area contributed by atoms with Crippen molar-refractivity contribution in [2.45, 2.75) is 36.5 Å². The summed E-state index contributed by atoms with van der Waals surface area (Å²) < 4.78 is 76.0. The summed E-state index contributed by atoms with van der Waals surface area (Å²) in [7, 11) is -6.10. The van der Waals surface area contributed by atoms with Crippen LogP contribution in [0.15, 0.2) is 66.7 Å². The molecule has 1 aliphatic carbocycles. The van der Waals surface area contributed by atoms with E-state index in [1.807, 2.05) is 52.9 Å². The average Bonchev–Trinajstić information content (AvgIpc) is 3.42. The Kier molecular flexibility index (Phi) is 9.89. The molecule has 0 N–H and O–H groups in total. The van der Waals surface area contributed by atoms with Crippen molar-refractivity contribution in [3.05, 3.63) is 96.1 Å². The highest BCUT2D eigenvalue weighted by Crippen LogP contribution is 2.43. The predicted molar refractivity (Wildman–Crippen MR) is 160 cm³/mol. The standard InChI is InChI=1S/C28H22F2I2O9S/c29-28(30,42(36,37)38)16-39-24(33)21-14-18(31)15-22(32)23(21)40-25(34)19-10-4-5-11-20(19)26(35)41-27(12-6-7-13-27)17-8-2-1-3-9-17/h1-5,8-11,14-15H,6-7,12-13,16H2,(H,36,37,38)/p-1. The molecule has 1 fully saturated rings. The predicted octanol–water partition coefficient (Wildman–Crippen LogP) is 6.04. The maximum absolute atomic E-state index is 13.6. The van der Waals surface area contributed by atoms with Crippen LogP contribution in [0.4, 0.5) is 8.78 Å². The van der Waals surface area contributed by atoms with Crippen LogP contribution in [0.5, 0.6) is 5.75 Å². The molecule has 0 atom stereocenters. The number of halogens is 4. The lowest BCUT2D eigenvalue weighted by atomic mass is 9.91. The van der Waals surface area contributed by atoms with Gasteiger partial charge in [-0.05, 0) is 101 Å². The van der Waals surface area contributed by atoms with Crippen LogP contribution in [-0.4, -0.2) is 42.7 Å². The van der Waals surface area contributed by atoms with Crippen molar-refractivity contribution in [1.29, 1.82) is 0 Å². The van der Waals surface area contributed by atoms with Gasteiger partial charge in [-0.2, -0.15) is 8.78 Å². The van der Waals surface area contributed by atoms with Crippen molar-refractivity contribution in [3.8, 4) is 5.75 Å². The van der Waals surface area contributed by atoms with E-state index in [0.29, 0.717) is 16.4 Å². The maximum Gasteiger partial charge on any atom is 0.367 e. The Labute approximate surface area is 266 Å². The third kappa shape index (κ3) is 7.08. The molecule has 0 aromatic heterocycles. The summed E-state index contributed by atoms with van der Waals surface area (Å²) in [6, 6.07) is 17.7. The van der Waals surface area contributed by atoms with Crippen LogP contribution in [0.25, 0.3) is 0 Å². The average molecular weight is 825 g/mol. The molecule has 1 saturated carbocycles. The van der Waals surface area contributed by atoms with Crippen LogP contribution in [0.1, 0.15) is 62.3 Å². The lowest BCUT2D eigenvalue weighted by molar-refractivity contribution is -0.0186. The number of rotatable bonds is 9. The van der Waals surface area contributed by atoms with Gasteiger partial charge in [0.25, 0.3) is 0 Å².